The predicted octanol–water partition coefficient (Wildman–Crippen LogP) is 5.06. The molecule has 0 saturated heterocycles. The van der Waals surface area contributed by atoms with Gasteiger partial charge in [-0.15, -0.1) is 10.2 Å². The average molecular weight is 527 g/mol. The van der Waals surface area contributed by atoms with E-state index in [1.807, 2.05) is 84.3 Å². The minimum atomic E-state index is 0.137. The van der Waals surface area contributed by atoms with Crippen LogP contribution in [-0.2, 0) is 5.75 Å². The lowest BCUT2D eigenvalue weighted by molar-refractivity contribution is 0.355. The van der Waals surface area contributed by atoms with Gasteiger partial charge in [0.2, 0.25) is 11.9 Å². The van der Waals surface area contributed by atoms with Gasteiger partial charge in [0, 0.05) is 17.3 Å². The highest BCUT2D eigenvalue weighted by Crippen LogP contribution is 2.34. The van der Waals surface area contributed by atoms with Crippen LogP contribution in [0.2, 0.25) is 0 Å². The molecular weight excluding hydrogens is 500 g/mol. The maximum absolute atomic E-state index is 6.01. The summed E-state index contributed by atoms with van der Waals surface area (Å²) in [5.41, 5.74) is 9.73. The summed E-state index contributed by atoms with van der Waals surface area (Å²) in [4.78, 5) is 13.2. The molecule has 0 bridgehead atoms. The van der Waals surface area contributed by atoms with E-state index in [-0.39, 0.29) is 5.95 Å². The third-order valence-electron chi connectivity index (χ3n) is 5.71. The number of methoxy groups -OCH3 is 2. The molecule has 0 saturated carbocycles. The largest absolute Gasteiger partial charge is 0.493 e. The van der Waals surface area contributed by atoms with Crippen LogP contribution in [0.1, 0.15) is 11.4 Å². The molecule has 0 radical (unpaired) electrons. The van der Waals surface area contributed by atoms with E-state index in [0.717, 1.165) is 22.5 Å². The van der Waals surface area contributed by atoms with Gasteiger partial charge in [-0.1, -0.05) is 60.3 Å². The standard InChI is InChI=1S/C27H26N8O2S/c1-17-9-7-8-12-20(17)29-26-31-23(30-25(28)32-26)16-38-27-34-33-24(18-10-5-4-6-11-18)35(27)19-13-14-21(36-2)22(15-19)37-3/h4-15H,16H2,1-3H3,(H3,28,29,30,31,32). The van der Waals surface area contributed by atoms with E-state index in [4.69, 9.17) is 15.2 Å². The van der Waals surface area contributed by atoms with Gasteiger partial charge in [-0.25, -0.2) is 0 Å². The Balaban J connectivity index is 1.47. The second kappa shape index (κ2) is 11.2. The predicted molar refractivity (Wildman–Crippen MR) is 148 cm³/mol. The van der Waals surface area contributed by atoms with Crippen LogP contribution in [0.15, 0.2) is 78.0 Å². The Hall–Kier alpha value is -4.64. The third-order valence-corrected chi connectivity index (χ3v) is 6.64. The summed E-state index contributed by atoms with van der Waals surface area (Å²) in [5.74, 6) is 3.36. The van der Waals surface area contributed by atoms with Gasteiger partial charge in [-0.3, -0.25) is 4.57 Å². The molecule has 192 valence electrons. The Morgan fingerprint density at radius 3 is 2.39 bits per heavy atom. The number of hydrogen-bond acceptors (Lipinski definition) is 10. The number of nitrogens with two attached hydrogens (primary N) is 1. The monoisotopic (exact) mass is 526 g/mol. The number of anilines is 3. The van der Waals surface area contributed by atoms with Gasteiger partial charge in [0.05, 0.1) is 25.7 Å². The second-order valence-electron chi connectivity index (χ2n) is 8.21. The highest BCUT2D eigenvalue weighted by atomic mass is 32.2. The van der Waals surface area contributed by atoms with Gasteiger partial charge in [-0.05, 0) is 30.7 Å². The van der Waals surface area contributed by atoms with Crippen LogP contribution in [0.3, 0.4) is 0 Å². The summed E-state index contributed by atoms with van der Waals surface area (Å²) in [5, 5.41) is 12.9. The number of ether oxygens (including phenoxy) is 2. The zero-order chi connectivity index (χ0) is 26.5. The van der Waals surface area contributed by atoms with Crippen molar-refractivity contribution in [3.05, 3.63) is 84.2 Å². The van der Waals surface area contributed by atoms with E-state index in [1.165, 1.54) is 11.8 Å². The minimum absolute atomic E-state index is 0.137. The highest BCUT2D eigenvalue weighted by Gasteiger charge is 2.19. The average Bonchev–Trinajstić information content (AvgIpc) is 3.37. The van der Waals surface area contributed by atoms with Crippen LogP contribution in [0.5, 0.6) is 11.5 Å². The fraction of sp³-hybridized carbons (Fsp3) is 0.148. The topological polar surface area (TPSA) is 126 Å². The summed E-state index contributed by atoms with van der Waals surface area (Å²) in [6.07, 6.45) is 0. The van der Waals surface area contributed by atoms with E-state index >= 15 is 0 Å². The summed E-state index contributed by atoms with van der Waals surface area (Å²) < 4.78 is 12.9. The molecule has 3 N–H and O–H groups in total. The molecule has 0 atom stereocenters. The number of nitrogens with zero attached hydrogens (tertiary/aromatic N) is 6. The second-order valence-corrected chi connectivity index (χ2v) is 9.15. The van der Waals surface area contributed by atoms with Crippen LogP contribution in [0.25, 0.3) is 17.1 Å². The van der Waals surface area contributed by atoms with E-state index in [0.29, 0.717) is 40.0 Å². The number of para-hydroxylation sites is 1. The van der Waals surface area contributed by atoms with Crippen molar-refractivity contribution in [3.8, 4) is 28.6 Å². The van der Waals surface area contributed by atoms with Crippen molar-refractivity contribution in [2.75, 3.05) is 25.3 Å². The number of nitrogens with one attached hydrogen (secondary N) is 1. The van der Waals surface area contributed by atoms with Crippen molar-refractivity contribution in [2.24, 2.45) is 0 Å². The van der Waals surface area contributed by atoms with Crippen LogP contribution >= 0.6 is 11.8 Å². The summed E-state index contributed by atoms with van der Waals surface area (Å²) in [6, 6.07) is 23.4. The first-order valence-corrected chi connectivity index (χ1v) is 12.7. The molecule has 2 aromatic heterocycles. The fourth-order valence-corrected chi connectivity index (χ4v) is 4.66. The van der Waals surface area contributed by atoms with Crippen molar-refractivity contribution >= 4 is 29.3 Å². The SMILES string of the molecule is COc1ccc(-n2c(SCc3nc(N)nc(Nc4ccccc4C)n3)nnc2-c2ccccc2)cc1OC. The number of aryl methyl sites for hydroxylation is 1. The molecule has 3 aromatic carbocycles. The molecule has 2 heterocycles. The number of aromatic nitrogens is 6. The van der Waals surface area contributed by atoms with Gasteiger partial charge < -0.3 is 20.5 Å². The van der Waals surface area contributed by atoms with Crippen molar-refractivity contribution in [2.45, 2.75) is 17.8 Å². The van der Waals surface area contributed by atoms with Crippen LogP contribution in [0, 0.1) is 6.92 Å². The molecule has 0 fully saturated rings. The van der Waals surface area contributed by atoms with Gasteiger partial charge >= 0.3 is 0 Å². The Labute approximate surface area is 224 Å². The van der Waals surface area contributed by atoms with E-state index in [9.17, 15) is 0 Å². The first-order valence-electron chi connectivity index (χ1n) is 11.7. The molecule has 5 rings (SSSR count). The first kappa shape index (κ1) is 25.0. The quantitative estimate of drug-likeness (QED) is 0.252. The van der Waals surface area contributed by atoms with Crippen LogP contribution < -0.4 is 20.5 Å². The molecule has 0 aliphatic carbocycles. The van der Waals surface area contributed by atoms with Gasteiger partial charge in [0.1, 0.15) is 5.82 Å². The molecule has 10 nitrogen and oxygen atoms in total. The summed E-state index contributed by atoms with van der Waals surface area (Å²) in [6.45, 7) is 2.01. The lowest BCUT2D eigenvalue weighted by Crippen LogP contribution is -2.07. The maximum Gasteiger partial charge on any atom is 0.232 e. The Morgan fingerprint density at radius 1 is 0.868 bits per heavy atom. The van der Waals surface area contributed by atoms with Crippen molar-refractivity contribution in [3.63, 3.8) is 0 Å². The number of hydrogen-bond donors (Lipinski definition) is 2. The maximum atomic E-state index is 6.01. The van der Waals surface area contributed by atoms with Gasteiger partial charge in [-0.2, -0.15) is 15.0 Å². The number of nitrogen functional groups attached to an aromatic ring is 1. The van der Waals surface area contributed by atoms with Crippen LogP contribution in [-0.4, -0.2) is 43.9 Å². The van der Waals surface area contributed by atoms with Crippen molar-refractivity contribution in [1.29, 1.82) is 0 Å². The van der Waals surface area contributed by atoms with E-state index in [2.05, 4.69) is 30.5 Å². The minimum Gasteiger partial charge on any atom is -0.493 e. The Morgan fingerprint density at radius 2 is 1.63 bits per heavy atom. The molecular formula is C27H26N8O2S. The zero-order valence-corrected chi connectivity index (χ0v) is 21.9. The summed E-state index contributed by atoms with van der Waals surface area (Å²) in [7, 11) is 3.21. The molecule has 0 aliphatic heterocycles. The lowest BCUT2D eigenvalue weighted by Gasteiger charge is -2.14. The van der Waals surface area contributed by atoms with E-state index in [1.54, 1.807) is 14.2 Å². The van der Waals surface area contributed by atoms with Crippen LogP contribution in [0.4, 0.5) is 17.6 Å². The number of thioether (sulfide) groups is 1. The zero-order valence-electron chi connectivity index (χ0n) is 21.1. The molecule has 0 spiro atoms. The van der Waals surface area contributed by atoms with Crippen molar-refractivity contribution in [1.82, 2.24) is 29.7 Å². The number of rotatable bonds is 9. The smallest absolute Gasteiger partial charge is 0.232 e. The molecule has 0 aliphatic rings. The summed E-state index contributed by atoms with van der Waals surface area (Å²) >= 11 is 1.44. The molecule has 5 aromatic rings. The fourth-order valence-electron chi connectivity index (χ4n) is 3.86. The van der Waals surface area contributed by atoms with E-state index < -0.39 is 0 Å². The Bertz CT molecular complexity index is 1560. The molecule has 0 amide bonds. The highest BCUT2D eigenvalue weighted by molar-refractivity contribution is 7.98. The van der Waals surface area contributed by atoms with Gasteiger partial charge in [0.25, 0.3) is 0 Å². The molecule has 38 heavy (non-hydrogen) atoms. The third kappa shape index (κ3) is 5.37. The number of benzene rings is 3. The molecule has 0 unspecified atom stereocenters. The normalized spacial score (nSPS) is 10.8. The Kier molecular flexibility index (Phi) is 7.36. The lowest BCUT2D eigenvalue weighted by atomic mass is 10.2. The molecule has 11 heteroatoms. The van der Waals surface area contributed by atoms with Crippen molar-refractivity contribution < 1.29 is 9.47 Å². The van der Waals surface area contributed by atoms with Gasteiger partial charge in [0.15, 0.2) is 22.5 Å². The first-order chi connectivity index (χ1) is 18.6.